The maximum atomic E-state index is 12.8. The summed E-state index contributed by atoms with van der Waals surface area (Å²) in [6.45, 7) is 6.47. The van der Waals surface area contributed by atoms with Gasteiger partial charge in [-0.3, -0.25) is 14.4 Å². The quantitative estimate of drug-likeness (QED) is 0.0262. The summed E-state index contributed by atoms with van der Waals surface area (Å²) in [7, 11) is 0. The van der Waals surface area contributed by atoms with E-state index in [2.05, 4.69) is 106 Å². The number of carbonyl (C=O) groups excluding carboxylic acids is 3. The van der Waals surface area contributed by atoms with Crippen molar-refractivity contribution < 1.29 is 28.6 Å². The Kier molecular flexibility index (Phi) is 53.4. The lowest BCUT2D eigenvalue weighted by molar-refractivity contribution is -0.167. The zero-order valence-electron chi connectivity index (χ0n) is 44.6. The second-order valence-electron chi connectivity index (χ2n) is 18.8. The largest absolute Gasteiger partial charge is 0.462 e. The molecule has 0 saturated carbocycles. The van der Waals surface area contributed by atoms with Crippen LogP contribution in [0.1, 0.15) is 271 Å². The predicted molar refractivity (Wildman–Crippen MR) is 293 cm³/mol. The molecule has 0 amide bonds. The lowest BCUT2D eigenvalue weighted by Crippen LogP contribution is -2.30. The van der Waals surface area contributed by atoms with E-state index in [1.807, 2.05) is 0 Å². The third-order valence-electron chi connectivity index (χ3n) is 12.1. The van der Waals surface area contributed by atoms with E-state index in [-0.39, 0.29) is 37.5 Å². The van der Waals surface area contributed by atoms with E-state index in [0.29, 0.717) is 19.3 Å². The van der Waals surface area contributed by atoms with Crippen LogP contribution in [0.15, 0.2) is 85.1 Å². The van der Waals surface area contributed by atoms with E-state index in [9.17, 15) is 14.4 Å². The van der Waals surface area contributed by atoms with Crippen LogP contribution in [0.4, 0.5) is 0 Å². The standard InChI is InChI=1S/C62H106O6/c1-4-7-10-13-16-19-22-25-28-30-31-33-34-37-40-43-46-49-52-55-61(64)67-58-59(57-66-60(63)54-51-48-45-42-39-36-27-24-21-18-15-12-9-6-3)68-62(65)56-53-50-47-44-41-38-35-32-29-26-23-20-17-14-11-8-5-2/h8,11,16-17,19-20,25-26,28-29,35,38,44,47,59H,4-7,9-10,12-15,18,21-24,27,30-34,36-37,39-43,45-46,48-58H2,1-3H3/b11-8+,19-16+,20-17+,28-25+,29-26+,38-35+,47-44+/t59-/m1/s1. The van der Waals surface area contributed by atoms with Gasteiger partial charge in [-0.25, -0.2) is 0 Å². The zero-order valence-corrected chi connectivity index (χ0v) is 44.6. The number of unbranched alkanes of at least 4 members (excludes halogenated alkanes) is 26. The fraction of sp³-hybridized carbons (Fsp3) is 0.726. The molecule has 0 saturated heterocycles. The van der Waals surface area contributed by atoms with E-state index in [0.717, 1.165) is 83.5 Å². The van der Waals surface area contributed by atoms with Gasteiger partial charge in [0, 0.05) is 19.3 Å². The molecule has 0 spiro atoms. The number of hydrogen-bond acceptors (Lipinski definition) is 6. The SMILES string of the molecule is CC/C=C/C/C=C/C/C=C/C/C=C/C/C=C/CCCC(=O)O[C@@H](COC(=O)CCCCCCCCCCC/C=C/C/C=C/CCCCC)COC(=O)CCCCCCCCCCCCCCCC. The fourth-order valence-electron chi connectivity index (χ4n) is 7.86. The predicted octanol–water partition coefficient (Wildman–Crippen LogP) is 19.2. The molecule has 0 heterocycles. The molecule has 0 bridgehead atoms. The van der Waals surface area contributed by atoms with Gasteiger partial charge in [-0.05, 0) is 89.9 Å². The van der Waals surface area contributed by atoms with Crippen molar-refractivity contribution in [3.05, 3.63) is 85.1 Å². The summed E-state index contributed by atoms with van der Waals surface area (Å²) in [5.74, 6) is -0.955. The van der Waals surface area contributed by atoms with Crippen molar-refractivity contribution in [2.45, 2.75) is 277 Å². The Hall–Kier alpha value is -3.41. The van der Waals surface area contributed by atoms with Gasteiger partial charge in [0.2, 0.25) is 0 Å². The van der Waals surface area contributed by atoms with Gasteiger partial charge in [-0.1, -0.05) is 247 Å². The lowest BCUT2D eigenvalue weighted by atomic mass is 10.0. The number of esters is 3. The second kappa shape index (κ2) is 56.2. The van der Waals surface area contributed by atoms with Crippen molar-refractivity contribution >= 4 is 17.9 Å². The minimum atomic E-state index is -0.807. The molecule has 0 aromatic carbocycles. The molecule has 0 aliphatic rings. The molecule has 6 nitrogen and oxygen atoms in total. The Morgan fingerprint density at radius 3 is 0.971 bits per heavy atom. The third kappa shape index (κ3) is 53.5. The molecule has 0 unspecified atom stereocenters. The molecule has 0 radical (unpaired) electrons. The molecule has 0 aromatic rings. The van der Waals surface area contributed by atoms with Crippen molar-refractivity contribution in [2.24, 2.45) is 0 Å². The van der Waals surface area contributed by atoms with Crippen LogP contribution in [0.3, 0.4) is 0 Å². The van der Waals surface area contributed by atoms with Gasteiger partial charge in [0.1, 0.15) is 13.2 Å². The molecule has 0 aliphatic heterocycles. The van der Waals surface area contributed by atoms with E-state index < -0.39 is 6.10 Å². The zero-order chi connectivity index (χ0) is 49.3. The number of allylic oxidation sites excluding steroid dienone is 14. The van der Waals surface area contributed by atoms with Gasteiger partial charge >= 0.3 is 17.9 Å². The van der Waals surface area contributed by atoms with Gasteiger partial charge in [0.25, 0.3) is 0 Å². The average Bonchev–Trinajstić information content (AvgIpc) is 3.34. The van der Waals surface area contributed by atoms with Gasteiger partial charge < -0.3 is 14.2 Å². The van der Waals surface area contributed by atoms with E-state index >= 15 is 0 Å². The molecule has 0 rings (SSSR count). The van der Waals surface area contributed by atoms with Crippen molar-refractivity contribution in [1.29, 1.82) is 0 Å². The van der Waals surface area contributed by atoms with Crippen LogP contribution >= 0.6 is 0 Å². The Bertz CT molecular complexity index is 1320. The Labute approximate surface area is 420 Å². The molecule has 0 fully saturated rings. The highest BCUT2D eigenvalue weighted by Gasteiger charge is 2.19. The fourth-order valence-corrected chi connectivity index (χ4v) is 7.86. The van der Waals surface area contributed by atoms with Gasteiger partial charge in [0.15, 0.2) is 6.10 Å². The first-order valence-electron chi connectivity index (χ1n) is 28.6. The topological polar surface area (TPSA) is 78.9 Å². The van der Waals surface area contributed by atoms with Crippen LogP contribution in [-0.4, -0.2) is 37.2 Å². The first-order chi connectivity index (χ1) is 33.5. The maximum Gasteiger partial charge on any atom is 0.306 e. The van der Waals surface area contributed by atoms with E-state index in [1.165, 1.54) is 141 Å². The highest BCUT2D eigenvalue weighted by atomic mass is 16.6. The van der Waals surface area contributed by atoms with Crippen LogP contribution < -0.4 is 0 Å². The minimum absolute atomic E-state index is 0.0984. The Morgan fingerprint density at radius 2 is 0.588 bits per heavy atom. The Morgan fingerprint density at radius 1 is 0.309 bits per heavy atom. The number of carbonyl (C=O) groups is 3. The third-order valence-corrected chi connectivity index (χ3v) is 12.1. The first-order valence-corrected chi connectivity index (χ1v) is 28.6. The second-order valence-corrected chi connectivity index (χ2v) is 18.8. The molecule has 0 N–H and O–H groups in total. The lowest BCUT2D eigenvalue weighted by Gasteiger charge is -2.18. The van der Waals surface area contributed by atoms with Gasteiger partial charge in [-0.15, -0.1) is 0 Å². The maximum absolute atomic E-state index is 12.8. The highest BCUT2D eigenvalue weighted by molar-refractivity contribution is 5.71. The normalized spacial score (nSPS) is 12.7. The van der Waals surface area contributed by atoms with Crippen molar-refractivity contribution in [3.8, 4) is 0 Å². The molecule has 1 atom stereocenters. The smallest absolute Gasteiger partial charge is 0.306 e. The number of ether oxygens (including phenoxy) is 3. The highest BCUT2D eigenvalue weighted by Crippen LogP contribution is 2.15. The summed E-state index contributed by atoms with van der Waals surface area (Å²) in [6, 6.07) is 0. The molecular weight excluding hydrogens is 841 g/mol. The van der Waals surface area contributed by atoms with Crippen LogP contribution in [0, 0.1) is 0 Å². The molecule has 0 aliphatic carbocycles. The van der Waals surface area contributed by atoms with Crippen molar-refractivity contribution in [2.75, 3.05) is 13.2 Å². The Balaban J connectivity index is 4.45. The van der Waals surface area contributed by atoms with Crippen LogP contribution in [-0.2, 0) is 28.6 Å². The van der Waals surface area contributed by atoms with Gasteiger partial charge in [0.05, 0.1) is 0 Å². The van der Waals surface area contributed by atoms with Crippen molar-refractivity contribution in [1.82, 2.24) is 0 Å². The van der Waals surface area contributed by atoms with Crippen LogP contribution in [0.25, 0.3) is 0 Å². The van der Waals surface area contributed by atoms with E-state index in [1.54, 1.807) is 0 Å². The number of hydrogen-bond donors (Lipinski definition) is 0. The van der Waals surface area contributed by atoms with Crippen LogP contribution in [0.5, 0.6) is 0 Å². The van der Waals surface area contributed by atoms with E-state index in [4.69, 9.17) is 14.2 Å². The molecule has 6 heteroatoms. The molecule has 68 heavy (non-hydrogen) atoms. The molecule has 390 valence electrons. The monoisotopic (exact) mass is 947 g/mol. The minimum Gasteiger partial charge on any atom is -0.462 e. The number of rotatable bonds is 51. The molecule has 0 aromatic heterocycles. The average molecular weight is 948 g/mol. The summed E-state index contributed by atoms with van der Waals surface area (Å²) in [5, 5.41) is 0. The summed E-state index contributed by atoms with van der Waals surface area (Å²) >= 11 is 0. The summed E-state index contributed by atoms with van der Waals surface area (Å²) in [5.41, 5.74) is 0. The summed E-state index contributed by atoms with van der Waals surface area (Å²) in [6.07, 6.45) is 72.9. The van der Waals surface area contributed by atoms with Gasteiger partial charge in [-0.2, -0.15) is 0 Å². The van der Waals surface area contributed by atoms with Crippen LogP contribution in [0.2, 0.25) is 0 Å². The summed E-state index contributed by atoms with van der Waals surface area (Å²) in [4.78, 5) is 38.1. The summed E-state index contributed by atoms with van der Waals surface area (Å²) < 4.78 is 16.8. The van der Waals surface area contributed by atoms with Crippen molar-refractivity contribution in [3.63, 3.8) is 0 Å². The molecular formula is C62H106O6. The first kappa shape index (κ1) is 64.6.